The SMILES string of the molecule is COC(=O)c1csc(Nc2cc(Cl)ccc2F)n1. The number of esters is 1. The van der Waals surface area contributed by atoms with Crippen LogP contribution in [0.4, 0.5) is 15.2 Å². The van der Waals surface area contributed by atoms with Crippen LogP contribution < -0.4 is 5.32 Å². The Balaban J connectivity index is 2.21. The molecule has 0 aliphatic rings. The Labute approximate surface area is 111 Å². The first-order valence-electron chi connectivity index (χ1n) is 4.86. The number of nitrogens with zero attached hydrogens (tertiary/aromatic N) is 1. The van der Waals surface area contributed by atoms with Crippen molar-refractivity contribution in [2.24, 2.45) is 0 Å². The lowest BCUT2D eigenvalue weighted by atomic mass is 10.3. The van der Waals surface area contributed by atoms with E-state index in [1.807, 2.05) is 0 Å². The molecule has 94 valence electrons. The Morgan fingerprint density at radius 1 is 1.56 bits per heavy atom. The summed E-state index contributed by atoms with van der Waals surface area (Å²) in [4.78, 5) is 15.2. The van der Waals surface area contributed by atoms with E-state index in [1.54, 1.807) is 0 Å². The van der Waals surface area contributed by atoms with E-state index in [1.165, 1.54) is 42.0 Å². The van der Waals surface area contributed by atoms with E-state index in [0.717, 1.165) is 0 Å². The number of benzene rings is 1. The summed E-state index contributed by atoms with van der Waals surface area (Å²) in [7, 11) is 1.27. The Morgan fingerprint density at radius 3 is 3.06 bits per heavy atom. The summed E-state index contributed by atoms with van der Waals surface area (Å²) in [6.45, 7) is 0. The van der Waals surface area contributed by atoms with Crippen LogP contribution in [0.1, 0.15) is 10.5 Å². The third-order valence-corrected chi connectivity index (χ3v) is 3.06. The number of nitrogens with one attached hydrogen (secondary N) is 1. The number of ether oxygens (including phenoxy) is 1. The van der Waals surface area contributed by atoms with E-state index in [9.17, 15) is 9.18 Å². The summed E-state index contributed by atoms with van der Waals surface area (Å²) < 4.78 is 18.0. The molecule has 0 amide bonds. The molecule has 7 heteroatoms. The highest BCUT2D eigenvalue weighted by Gasteiger charge is 2.12. The minimum Gasteiger partial charge on any atom is -0.464 e. The zero-order chi connectivity index (χ0) is 13.1. The molecule has 0 aliphatic heterocycles. The summed E-state index contributed by atoms with van der Waals surface area (Å²) in [5.74, 6) is -0.986. The van der Waals surface area contributed by atoms with Gasteiger partial charge in [0.25, 0.3) is 0 Å². The fourth-order valence-electron chi connectivity index (χ4n) is 1.24. The van der Waals surface area contributed by atoms with Crippen LogP contribution in [0.5, 0.6) is 0 Å². The van der Waals surface area contributed by atoms with Gasteiger partial charge in [0.1, 0.15) is 5.82 Å². The lowest BCUT2D eigenvalue weighted by Gasteiger charge is -2.04. The lowest BCUT2D eigenvalue weighted by Crippen LogP contribution is -2.01. The zero-order valence-corrected chi connectivity index (χ0v) is 10.8. The number of thiazole rings is 1. The molecule has 1 N–H and O–H groups in total. The predicted octanol–water partition coefficient (Wildman–Crippen LogP) is 3.47. The van der Waals surface area contributed by atoms with Gasteiger partial charge in [0.05, 0.1) is 12.8 Å². The molecule has 0 radical (unpaired) electrons. The van der Waals surface area contributed by atoms with Gasteiger partial charge in [-0.1, -0.05) is 11.6 Å². The minimum atomic E-state index is -0.536. The van der Waals surface area contributed by atoms with Gasteiger partial charge in [-0.15, -0.1) is 11.3 Å². The molecule has 1 heterocycles. The maximum atomic E-state index is 13.5. The van der Waals surface area contributed by atoms with Crippen LogP contribution in [0.15, 0.2) is 23.6 Å². The number of carbonyl (C=O) groups excluding carboxylic acids is 1. The summed E-state index contributed by atoms with van der Waals surface area (Å²) in [6, 6.07) is 4.14. The van der Waals surface area contributed by atoms with Gasteiger partial charge in [-0.2, -0.15) is 0 Å². The Bertz CT molecular complexity index is 588. The van der Waals surface area contributed by atoms with Crippen LogP contribution in [0, 0.1) is 5.82 Å². The number of hydrogen-bond donors (Lipinski definition) is 1. The predicted molar refractivity (Wildman–Crippen MR) is 68.1 cm³/mol. The largest absolute Gasteiger partial charge is 0.464 e. The summed E-state index contributed by atoms with van der Waals surface area (Å²) in [5.41, 5.74) is 0.376. The minimum absolute atomic E-state index is 0.174. The van der Waals surface area contributed by atoms with Crippen LogP contribution in [0.25, 0.3) is 0 Å². The van der Waals surface area contributed by atoms with Crippen molar-refractivity contribution in [3.05, 3.63) is 40.1 Å². The van der Waals surface area contributed by atoms with E-state index in [4.69, 9.17) is 11.6 Å². The van der Waals surface area contributed by atoms with Gasteiger partial charge < -0.3 is 10.1 Å². The molecule has 18 heavy (non-hydrogen) atoms. The molecule has 2 aromatic rings. The molecule has 0 unspecified atom stereocenters. The third kappa shape index (κ3) is 2.77. The van der Waals surface area contributed by atoms with Crippen molar-refractivity contribution in [1.82, 2.24) is 4.98 Å². The fourth-order valence-corrected chi connectivity index (χ4v) is 2.10. The van der Waals surface area contributed by atoms with Crippen LogP contribution in [0.3, 0.4) is 0 Å². The smallest absolute Gasteiger partial charge is 0.357 e. The first kappa shape index (κ1) is 12.8. The first-order valence-corrected chi connectivity index (χ1v) is 6.12. The summed E-state index contributed by atoms with van der Waals surface area (Å²) >= 11 is 6.93. The Morgan fingerprint density at radius 2 is 2.33 bits per heavy atom. The van der Waals surface area contributed by atoms with E-state index >= 15 is 0 Å². The molecule has 0 saturated heterocycles. The van der Waals surface area contributed by atoms with Crippen LogP contribution in [-0.4, -0.2) is 18.1 Å². The van der Waals surface area contributed by atoms with E-state index < -0.39 is 11.8 Å². The molecule has 4 nitrogen and oxygen atoms in total. The van der Waals surface area contributed by atoms with Gasteiger partial charge >= 0.3 is 5.97 Å². The van der Waals surface area contributed by atoms with Crippen LogP contribution in [0.2, 0.25) is 5.02 Å². The first-order chi connectivity index (χ1) is 8.60. The van der Waals surface area contributed by atoms with Crippen molar-refractivity contribution < 1.29 is 13.9 Å². The topological polar surface area (TPSA) is 51.2 Å². The van der Waals surface area contributed by atoms with E-state index in [0.29, 0.717) is 10.2 Å². The number of aromatic nitrogens is 1. The molecule has 0 fully saturated rings. The number of rotatable bonds is 3. The molecular formula is C11H8ClFN2O2S. The fraction of sp³-hybridized carbons (Fsp3) is 0.0909. The highest BCUT2D eigenvalue weighted by atomic mass is 35.5. The molecule has 1 aromatic carbocycles. The molecule has 1 aromatic heterocycles. The molecule has 0 atom stereocenters. The van der Waals surface area contributed by atoms with Gasteiger partial charge in [0.2, 0.25) is 0 Å². The van der Waals surface area contributed by atoms with Gasteiger partial charge in [0.15, 0.2) is 10.8 Å². The second kappa shape index (κ2) is 5.32. The second-order valence-corrected chi connectivity index (χ2v) is 4.57. The third-order valence-electron chi connectivity index (χ3n) is 2.07. The van der Waals surface area contributed by atoms with Crippen LogP contribution in [-0.2, 0) is 4.74 Å². The van der Waals surface area contributed by atoms with Crippen molar-refractivity contribution in [1.29, 1.82) is 0 Å². The maximum absolute atomic E-state index is 13.5. The Kier molecular flexibility index (Phi) is 3.78. The number of hydrogen-bond acceptors (Lipinski definition) is 5. The van der Waals surface area contributed by atoms with Crippen molar-refractivity contribution in [3.8, 4) is 0 Å². The molecule has 0 aliphatic carbocycles. The summed E-state index contributed by atoms with van der Waals surface area (Å²) in [6.07, 6.45) is 0. The van der Waals surface area contributed by atoms with E-state index in [2.05, 4.69) is 15.0 Å². The van der Waals surface area contributed by atoms with Gasteiger partial charge in [-0.05, 0) is 18.2 Å². The van der Waals surface area contributed by atoms with E-state index in [-0.39, 0.29) is 11.4 Å². The van der Waals surface area contributed by atoms with Crippen LogP contribution >= 0.6 is 22.9 Å². The molecule has 0 spiro atoms. The second-order valence-electron chi connectivity index (χ2n) is 3.28. The van der Waals surface area contributed by atoms with Gasteiger partial charge in [-0.25, -0.2) is 14.2 Å². The lowest BCUT2D eigenvalue weighted by molar-refractivity contribution is 0.0595. The molecule has 0 bridgehead atoms. The maximum Gasteiger partial charge on any atom is 0.357 e. The standard InChI is InChI=1S/C11H8ClFN2O2S/c1-17-10(16)9-5-18-11(15-9)14-8-4-6(12)2-3-7(8)13/h2-5H,1H3,(H,14,15). The highest BCUT2D eigenvalue weighted by molar-refractivity contribution is 7.14. The molecular weight excluding hydrogens is 279 g/mol. The quantitative estimate of drug-likeness (QED) is 0.878. The van der Waals surface area contributed by atoms with Crippen molar-refractivity contribution in [3.63, 3.8) is 0 Å². The van der Waals surface area contributed by atoms with Gasteiger partial charge in [0, 0.05) is 10.4 Å². The Hall–Kier alpha value is -1.66. The molecule has 2 rings (SSSR count). The average molecular weight is 287 g/mol. The number of methoxy groups -OCH3 is 1. The normalized spacial score (nSPS) is 10.2. The highest BCUT2D eigenvalue weighted by Crippen LogP contribution is 2.25. The monoisotopic (exact) mass is 286 g/mol. The molecule has 0 saturated carbocycles. The van der Waals surface area contributed by atoms with Crippen molar-refractivity contribution in [2.75, 3.05) is 12.4 Å². The van der Waals surface area contributed by atoms with Gasteiger partial charge in [-0.3, -0.25) is 0 Å². The van der Waals surface area contributed by atoms with Crippen molar-refractivity contribution >= 4 is 39.7 Å². The zero-order valence-electron chi connectivity index (χ0n) is 9.24. The average Bonchev–Trinajstić information content (AvgIpc) is 2.81. The number of anilines is 2. The summed E-state index contributed by atoms with van der Waals surface area (Å²) in [5, 5.41) is 5.07. The number of carbonyl (C=O) groups is 1. The number of halogens is 2. The van der Waals surface area contributed by atoms with Crippen molar-refractivity contribution in [2.45, 2.75) is 0 Å².